The Morgan fingerprint density at radius 1 is 1.14 bits per heavy atom. The minimum Gasteiger partial charge on any atom is -0.254 e. The number of nitrogens with zero attached hydrogens (tertiary/aromatic N) is 4. The molecule has 0 spiro atoms. The van der Waals surface area contributed by atoms with Gasteiger partial charge in [0.05, 0.1) is 22.7 Å². The first-order valence-corrected chi connectivity index (χ1v) is 7.77. The Labute approximate surface area is 130 Å². The van der Waals surface area contributed by atoms with E-state index < -0.39 is 0 Å². The molecule has 1 N–H and O–H groups in total. The van der Waals surface area contributed by atoms with Crippen LogP contribution in [0.3, 0.4) is 0 Å². The number of para-hydroxylation sites is 2. The summed E-state index contributed by atoms with van der Waals surface area (Å²) in [4.78, 5) is 4.51. The van der Waals surface area contributed by atoms with Crippen LogP contribution in [0.1, 0.15) is 11.1 Å². The first-order valence-electron chi connectivity index (χ1n) is 6.78. The number of nitriles is 1. The molecule has 6 heteroatoms. The first-order chi connectivity index (χ1) is 10.8. The number of hydrogen-bond donors (Lipinski definition) is 1. The summed E-state index contributed by atoms with van der Waals surface area (Å²) < 4.78 is 2.03. The number of thioether (sulfide) groups is 1. The molecule has 0 saturated heterocycles. The van der Waals surface area contributed by atoms with Gasteiger partial charge in [0.1, 0.15) is 0 Å². The molecule has 0 radical (unpaired) electrons. The van der Waals surface area contributed by atoms with Gasteiger partial charge in [0, 0.05) is 5.75 Å². The van der Waals surface area contributed by atoms with E-state index in [-0.39, 0.29) is 0 Å². The number of imidazole rings is 1. The van der Waals surface area contributed by atoms with Crippen LogP contribution in [0, 0.1) is 11.3 Å². The van der Waals surface area contributed by atoms with Crippen molar-refractivity contribution < 1.29 is 0 Å². The topological polar surface area (TPSA) is 69.8 Å². The third-order valence-corrected chi connectivity index (χ3v) is 4.46. The van der Waals surface area contributed by atoms with Crippen molar-refractivity contribution in [1.29, 1.82) is 5.26 Å². The summed E-state index contributed by atoms with van der Waals surface area (Å²) >= 11 is 1.64. The van der Waals surface area contributed by atoms with E-state index in [4.69, 9.17) is 5.26 Å². The van der Waals surface area contributed by atoms with Crippen molar-refractivity contribution in [3.05, 3.63) is 59.7 Å². The zero-order chi connectivity index (χ0) is 14.9. The summed E-state index contributed by atoms with van der Waals surface area (Å²) in [7, 11) is 0. The van der Waals surface area contributed by atoms with Gasteiger partial charge >= 0.3 is 0 Å². The first kappa shape index (κ1) is 12.9. The monoisotopic (exact) mass is 305 g/mol. The molecule has 5 nitrogen and oxygen atoms in total. The number of aromatic amines is 1. The molecule has 0 amide bonds. The molecule has 0 aliphatic rings. The van der Waals surface area contributed by atoms with Crippen LogP contribution in [0.25, 0.3) is 16.8 Å². The van der Waals surface area contributed by atoms with E-state index in [9.17, 15) is 0 Å². The molecule has 2 aromatic heterocycles. The second-order valence-corrected chi connectivity index (χ2v) is 5.81. The lowest BCUT2D eigenvalue weighted by Gasteiger charge is -2.00. The fraction of sp³-hybridized carbons (Fsp3) is 0.0625. The summed E-state index contributed by atoms with van der Waals surface area (Å²) in [6, 6.07) is 17.8. The second-order valence-electron chi connectivity index (χ2n) is 4.86. The van der Waals surface area contributed by atoms with Crippen molar-refractivity contribution in [2.45, 2.75) is 10.9 Å². The number of fused-ring (bicyclic) bond motifs is 3. The molecule has 2 aromatic carbocycles. The van der Waals surface area contributed by atoms with E-state index in [2.05, 4.69) is 21.3 Å². The predicted octanol–water partition coefficient (Wildman–Crippen LogP) is 3.37. The van der Waals surface area contributed by atoms with Crippen LogP contribution >= 0.6 is 11.8 Å². The molecule has 106 valence electrons. The Hall–Kier alpha value is -2.78. The molecule has 4 aromatic rings. The molecule has 4 rings (SSSR count). The van der Waals surface area contributed by atoms with E-state index in [1.807, 2.05) is 52.9 Å². The van der Waals surface area contributed by atoms with E-state index in [1.54, 1.807) is 11.8 Å². The standard InChI is InChI=1S/C16H11N5S/c17-9-11-5-7-12(8-6-11)10-22-16-20-19-15-18-13-3-1-2-4-14(13)21(15)16/h1-8H,10H2,(H,18,19). The molecule has 0 atom stereocenters. The molecule has 22 heavy (non-hydrogen) atoms. The van der Waals surface area contributed by atoms with Gasteiger partial charge in [0.2, 0.25) is 5.78 Å². The number of rotatable bonds is 3. The van der Waals surface area contributed by atoms with Crippen molar-refractivity contribution in [1.82, 2.24) is 19.6 Å². The van der Waals surface area contributed by atoms with Gasteiger partial charge in [-0.05, 0) is 29.8 Å². The predicted molar refractivity (Wildman–Crippen MR) is 85.6 cm³/mol. The van der Waals surface area contributed by atoms with E-state index >= 15 is 0 Å². The highest BCUT2D eigenvalue weighted by Gasteiger charge is 2.11. The summed E-state index contributed by atoms with van der Waals surface area (Å²) in [6.07, 6.45) is 0. The van der Waals surface area contributed by atoms with E-state index in [0.29, 0.717) is 5.56 Å². The fourth-order valence-electron chi connectivity index (χ4n) is 2.36. The highest BCUT2D eigenvalue weighted by molar-refractivity contribution is 7.98. The van der Waals surface area contributed by atoms with E-state index in [0.717, 1.165) is 33.3 Å². The fourth-order valence-corrected chi connectivity index (χ4v) is 3.27. The van der Waals surface area contributed by atoms with Crippen LogP contribution in [-0.2, 0) is 5.75 Å². The van der Waals surface area contributed by atoms with Crippen LogP contribution < -0.4 is 0 Å². The lowest BCUT2D eigenvalue weighted by Crippen LogP contribution is -1.87. The largest absolute Gasteiger partial charge is 0.254 e. The van der Waals surface area contributed by atoms with Crippen molar-refractivity contribution >= 4 is 28.6 Å². The summed E-state index contributed by atoms with van der Waals surface area (Å²) in [5, 5.41) is 17.0. The van der Waals surface area contributed by atoms with Crippen LogP contribution in [0.15, 0.2) is 53.7 Å². The highest BCUT2D eigenvalue weighted by Crippen LogP contribution is 2.25. The minimum absolute atomic E-state index is 0.677. The zero-order valence-corrected chi connectivity index (χ0v) is 12.3. The number of hydrogen-bond acceptors (Lipinski definition) is 4. The Bertz CT molecular complexity index is 991. The maximum Gasteiger partial charge on any atom is 0.231 e. The van der Waals surface area contributed by atoms with Crippen molar-refractivity contribution in [3.8, 4) is 6.07 Å². The molecule has 0 unspecified atom stereocenters. The Morgan fingerprint density at radius 2 is 1.95 bits per heavy atom. The van der Waals surface area contributed by atoms with Crippen LogP contribution in [0.5, 0.6) is 0 Å². The third-order valence-electron chi connectivity index (χ3n) is 3.45. The molecule has 0 fully saturated rings. The Balaban J connectivity index is 1.65. The van der Waals surface area contributed by atoms with Gasteiger partial charge in [-0.25, -0.2) is 10.1 Å². The molecule has 0 bridgehead atoms. The van der Waals surface area contributed by atoms with Crippen LogP contribution in [0.4, 0.5) is 0 Å². The van der Waals surface area contributed by atoms with Crippen molar-refractivity contribution in [3.63, 3.8) is 0 Å². The number of nitrogens with one attached hydrogen (secondary N) is 1. The van der Waals surface area contributed by atoms with Gasteiger partial charge in [0.15, 0.2) is 5.16 Å². The quantitative estimate of drug-likeness (QED) is 0.589. The summed E-state index contributed by atoms with van der Waals surface area (Å²) in [5.74, 6) is 1.54. The molecule has 0 aliphatic carbocycles. The smallest absolute Gasteiger partial charge is 0.231 e. The second kappa shape index (κ2) is 5.20. The molecule has 0 saturated carbocycles. The number of aromatic nitrogens is 4. The van der Waals surface area contributed by atoms with Gasteiger partial charge in [-0.2, -0.15) is 5.26 Å². The normalized spacial score (nSPS) is 11.0. The average Bonchev–Trinajstić information content (AvgIpc) is 3.12. The molecular formula is C16H11N5S. The zero-order valence-electron chi connectivity index (χ0n) is 11.5. The average molecular weight is 305 g/mol. The van der Waals surface area contributed by atoms with Crippen molar-refractivity contribution in [2.75, 3.05) is 0 Å². The number of benzene rings is 2. The van der Waals surface area contributed by atoms with Gasteiger partial charge in [-0.15, -0.1) is 5.10 Å². The van der Waals surface area contributed by atoms with Gasteiger partial charge < -0.3 is 0 Å². The highest BCUT2D eigenvalue weighted by atomic mass is 32.2. The van der Waals surface area contributed by atoms with Gasteiger partial charge in [-0.1, -0.05) is 36.0 Å². The van der Waals surface area contributed by atoms with Crippen LogP contribution in [-0.4, -0.2) is 19.6 Å². The molecule has 2 heterocycles. The molecule has 0 aliphatic heterocycles. The minimum atomic E-state index is 0.677. The van der Waals surface area contributed by atoms with Crippen LogP contribution in [0.2, 0.25) is 0 Å². The third kappa shape index (κ3) is 2.12. The molecular weight excluding hydrogens is 294 g/mol. The lowest BCUT2D eigenvalue weighted by molar-refractivity contribution is 0.940. The Morgan fingerprint density at radius 3 is 2.77 bits per heavy atom. The maximum absolute atomic E-state index is 8.82. The van der Waals surface area contributed by atoms with Gasteiger partial charge in [0.25, 0.3) is 0 Å². The van der Waals surface area contributed by atoms with Gasteiger partial charge in [-0.3, -0.25) is 4.40 Å². The van der Waals surface area contributed by atoms with E-state index in [1.165, 1.54) is 0 Å². The SMILES string of the molecule is N#Cc1ccc(CSc2n[nH]c3nc4ccccc4n23)cc1. The summed E-state index contributed by atoms with van der Waals surface area (Å²) in [6.45, 7) is 0. The maximum atomic E-state index is 8.82. The van der Waals surface area contributed by atoms with Crippen molar-refractivity contribution in [2.24, 2.45) is 0 Å². The number of H-pyrrole nitrogens is 1. The lowest BCUT2D eigenvalue weighted by atomic mass is 10.2. The Kier molecular flexibility index (Phi) is 3.06. The summed E-state index contributed by atoms with van der Waals surface area (Å²) in [5.41, 5.74) is 3.84.